The van der Waals surface area contributed by atoms with Crippen molar-refractivity contribution in [2.24, 2.45) is 10.7 Å². The Morgan fingerprint density at radius 2 is 2.00 bits per heavy atom. The lowest BCUT2D eigenvalue weighted by Crippen LogP contribution is -2.33. The molecule has 0 spiro atoms. The van der Waals surface area contributed by atoms with Gasteiger partial charge in [0.25, 0.3) is 0 Å². The van der Waals surface area contributed by atoms with Crippen molar-refractivity contribution in [1.82, 2.24) is 5.32 Å². The lowest BCUT2D eigenvalue weighted by Gasteiger charge is -2.09. The Morgan fingerprint density at radius 1 is 1.32 bits per heavy atom. The molecule has 19 heavy (non-hydrogen) atoms. The van der Waals surface area contributed by atoms with Crippen molar-refractivity contribution in [3.8, 4) is 11.5 Å². The van der Waals surface area contributed by atoms with E-state index >= 15 is 0 Å². The topological polar surface area (TPSA) is 68.9 Å². The number of aliphatic imine (C=N–C) groups is 1. The summed E-state index contributed by atoms with van der Waals surface area (Å²) in [6.07, 6.45) is 2.37. The molecule has 0 radical (unpaired) electrons. The van der Waals surface area contributed by atoms with Crippen LogP contribution in [-0.2, 0) is 6.54 Å². The van der Waals surface area contributed by atoms with Gasteiger partial charge in [-0.25, -0.2) is 4.99 Å². The predicted octanol–water partition coefficient (Wildman–Crippen LogP) is 1.89. The summed E-state index contributed by atoms with van der Waals surface area (Å²) in [5.74, 6) is 1.93. The molecule has 0 aliphatic heterocycles. The second kappa shape index (κ2) is 7.42. The maximum absolute atomic E-state index is 5.77. The molecular formula is C13H20IN3O2. The fraction of sp³-hybridized carbons (Fsp3) is 0.462. The molecule has 0 heterocycles. The summed E-state index contributed by atoms with van der Waals surface area (Å²) < 4.78 is 10.4. The first-order valence-corrected chi connectivity index (χ1v) is 6.00. The average Bonchev–Trinajstić information content (AvgIpc) is 3.19. The zero-order valence-electron chi connectivity index (χ0n) is 11.2. The minimum Gasteiger partial charge on any atom is -0.493 e. The van der Waals surface area contributed by atoms with Crippen molar-refractivity contribution in [3.05, 3.63) is 23.8 Å². The van der Waals surface area contributed by atoms with Gasteiger partial charge < -0.3 is 20.5 Å². The molecule has 1 fully saturated rings. The van der Waals surface area contributed by atoms with Crippen LogP contribution < -0.4 is 20.5 Å². The van der Waals surface area contributed by atoms with Crippen LogP contribution in [0.2, 0.25) is 0 Å². The number of methoxy groups -OCH3 is 2. The summed E-state index contributed by atoms with van der Waals surface area (Å²) in [5, 5.41) is 3.15. The number of ether oxygens (including phenoxy) is 2. The third-order valence-corrected chi connectivity index (χ3v) is 2.81. The summed E-state index contributed by atoms with van der Waals surface area (Å²) in [5.41, 5.74) is 6.81. The molecule has 0 amide bonds. The van der Waals surface area contributed by atoms with Gasteiger partial charge in [0.2, 0.25) is 0 Å². The second-order valence-electron chi connectivity index (χ2n) is 4.31. The standard InChI is InChI=1S/C13H19N3O2.HI/c1-17-11-6-3-9(7-12(11)18-2)8-15-13(14)16-10-4-5-10;/h3,6-7,10H,4-5,8H2,1-2H3,(H3,14,15,16);1H. The monoisotopic (exact) mass is 377 g/mol. The predicted molar refractivity (Wildman–Crippen MR) is 86.4 cm³/mol. The summed E-state index contributed by atoms with van der Waals surface area (Å²) in [6.45, 7) is 0.534. The van der Waals surface area contributed by atoms with Crippen LogP contribution >= 0.6 is 24.0 Å². The van der Waals surface area contributed by atoms with Crippen molar-refractivity contribution < 1.29 is 9.47 Å². The van der Waals surface area contributed by atoms with Gasteiger partial charge >= 0.3 is 0 Å². The maximum atomic E-state index is 5.77. The summed E-state index contributed by atoms with van der Waals surface area (Å²) in [7, 11) is 3.24. The van der Waals surface area contributed by atoms with Crippen LogP contribution in [0.5, 0.6) is 11.5 Å². The van der Waals surface area contributed by atoms with E-state index in [0.717, 1.165) is 5.56 Å². The van der Waals surface area contributed by atoms with Gasteiger partial charge in [-0.15, -0.1) is 24.0 Å². The molecule has 6 heteroatoms. The van der Waals surface area contributed by atoms with Gasteiger partial charge in [0.05, 0.1) is 20.8 Å². The first kappa shape index (κ1) is 15.9. The highest BCUT2D eigenvalue weighted by molar-refractivity contribution is 14.0. The number of guanidine groups is 1. The molecule has 1 aromatic carbocycles. The third kappa shape index (κ3) is 4.77. The highest BCUT2D eigenvalue weighted by Crippen LogP contribution is 2.27. The van der Waals surface area contributed by atoms with E-state index in [0.29, 0.717) is 30.0 Å². The van der Waals surface area contributed by atoms with E-state index in [-0.39, 0.29) is 24.0 Å². The van der Waals surface area contributed by atoms with E-state index in [1.807, 2.05) is 18.2 Å². The van der Waals surface area contributed by atoms with Crippen molar-refractivity contribution in [1.29, 1.82) is 0 Å². The normalized spacial score (nSPS) is 14.5. The number of nitrogens with one attached hydrogen (secondary N) is 1. The fourth-order valence-electron chi connectivity index (χ4n) is 1.64. The lowest BCUT2D eigenvalue weighted by molar-refractivity contribution is 0.354. The van der Waals surface area contributed by atoms with E-state index in [1.165, 1.54) is 12.8 Å². The lowest BCUT2D eigenvalue weighted by atomic mass is 10.2. The van der Waals surface area contributed by atoms with Gasteiger partial charge in [0.15, 0.2) is 17.5 Å². The third-order valence-electron chi connectivity index (χ3n) is 2.81. The van der Waals surface area contributed by atoms with Gasteiger partial charge in [-0.2, -0.15) is 0 Å². The second-order valence-corrected chi connectivity index (χ2v) is 4.31. The molecule has 2 rings (SSSR count). The van der Waals surface area contributed by atoms with Crippen molar-refractivity contribution in [3.63, 3.8) is 0 Å². The van der Waals surface area contributed by atoms with E-state index in [2.05, 4.69) is 10.3 Å². The minimum absolute atomic E-state index is 0. The molecule has 106 valence electrons. The van der Waals surface area contributed by atoms with Crippen molar-refractivity contribution in [2.75, 3.05) is 14.2 Å². The Morgan fingerprint density at radius 3 is 2.58 bits per heavy atom. The Kier molecular flexibility index (Phi) is 6.20. The van der Waals surface area contributed by atoms with Gasteiger partial charge in [-0.3, -0.25) is 0 Å². The smallest absolute Gasteiger partial charge is 0.189 e. The minimum atomic E-state index is 0. The highest BCUT2D eigenvalue weighted by Gasteiger charge is 2.21. The molecule has 1 aromatic rings. The van der Waals surface area contributed by atoms with Crippen LogP contribution in [0.3, 0.4) is 0 Å². The molecule has 0 saturated heterocycles. The van der Waals surface area contributed by atoms with Crippen LogP contribution in [0.25, 0.3) is 0 Å². The fourth-order valence-corrected chi connectivity index (χ4v) is 1.64. The SMILES string of the molecule is COc1ccc(CN=C(N)NC2CC2)cc1OC.I. The molecule has 0 atom stereocenters. The molecule has 1 aliphatic carbocycles. The molecule has 5 nitrogen and oxygen atoms in total. The summed E-state index contributed by atoms with van der Waals surface area (Å²) in [4.78, 5) is 4.29. The van der Waals surface area contributed by atoms with Crippen molar-refractivity contribution in [2.45, 2.75) is 25.4 Å². The van der Waals surface area contributed by atoms with Crippen LogP contribution in [0, 0.1) is 0 Å². The number of hydrogen-bond acceptors (Lipinski definition) is 3. The number of rotatable bonds is 5. The van der Waals surface area contributed by atoms with Crippen LogP contribution in [0.1, 0.15) is 18.4 Å². The number of halogens is 1. The number of benzene rings is 1. The highest BCUT2D eigenvalue weighted by atomic mass is 127. The quantitative estimate of drug-likeness (QED) is 0.467. The maximum Gasteiger partial charge on any atom is 0.189 e. The van der Waals surface area contributed by atoms with Gasteiger partial charge in [-0.05, 0) is 30.5 Å². The van der Waals surface area contributed by atoms with Crippen molar-refractivity contribution >= 4 is 29.9 Å². The van der Waals surface area contributed by atoms with E-state index in [9.17, 15) is 0 Å². The van der Waals surface area contributed by atoms with E-state index in [4.69, 9.17) is 15.2 Å². The summed E-state index contributed by atoms with van der Waals surface area (Å²) in [6, 6.07) is 6.26. The number of hydrogen-bond donors (Lipinski definition) is 2. The largest absolute Gasteiger partial charge is 0.493 e. The Bertz CT molecular complexity index is 448. The Labute approximate surface area is 130 Å². The van der Waals surface area contributed by atoms with Gasteiger partial charge in [-0.1, -0.05) is 6.07 Å². The first-order valence-electron chi connectivity index (χ1n) is 6.00. The zero-order chi connectivity index (χ0) is 13.0. The van der Waals surface area contributed by atoms with E-state index < -0.39 is 0 Å². The van der Waals surface area contributed by atoms with Gasteiger partial charge in [0, 0.05) is 6.04 Å². The molecular weight excluding hydrogens is 357 g/mol. The first-order chi connectivity index (χ1) is 8.72. The molecule has 1 saturated carbocycles. The molecule has 0 unspecified atom stereocenters. The molecule has 3 N–H and O–H groups in total. The Balaban J connectivity index is 0.00000180. The zero-order valence-corrected chi connectivity index (χ0v) is 13.5. The molecule has 1 aliphatic rings. The van der Waals surface area contributed by atoms with Crippen LogP contribution in [0.4, 0.5) is 0 Å². The van der Waals surface area contributed by atoms with Gasteiger partial charge in [0.1, 0.15) is 0 Å². The number of nitrogens with two attached hydrogens (primary N) is 1. The summed E-state index contributed by atoms with van der Waals surface area (Å²) >= 11 is 0. The molecule has 0 bridgehead atoms. The van der Waals surface area contributed by atoms with Crippen LogP contribution in [-0.4, -0.2) is 26.2 Å². The van der Waals surface area contributed by atoms with Crippen LogP contribution in [0.15, 0.2) is 23.2 Å². The molecule has 0 aromatic heterocycles. The Hall–Kier alpha value is -1.18. The average molecular weight is 377 g/mol. The number of nitrogens with zero attached hydrogens (tertiary/aromatic N) is 1. The van der Waals surface area contributed by atoms with E-state index in [1.54, 1.807) is 14.2 Å².